The molecular formula is C18H15FN2. The highest BCUT2D eigenvalue weighted by Crippen LogP contribution is 2.26. The predicted octanol–water partition coefficient (Wildman–Crippen LogP) is 4.42. The summed E-state index contributed by atoms with van der Waals surface area (Å²) in [6.45, 7) is 0. The molecule has 0 amide bonds. The molecule has 0 saturated carbocycles. The summed E-state index contributed by atoms with van der Waals surface area (Å²) in [7, 11) is 0. The van der Waals surface area contributed by atoms with E-state index in [9.17, 15) is 4.39 Å². The Labute approximate surface area is 123 Å². The van der Waals surface area contributed by atoms with Crippen LogP contribution in [0.3, 0.4) is 0 Å². The molecule has 2 aromatic carbocycles. The van der Waals surface area contributed by atoms with Gasteiger partial charge in [-0.2, -0.15) is 0 Å². The van der Waals surface area contributed by atoms with Gasteiger partial charge in [-0.3, -0.25) is 0 Å². The molecule has 2 nitrogen and oxygen atoms in total. The largest absolute Gasteiger partial charge is 0.359 e. The number of nitrogens with zero attached hydrogens (tertiary/aromatic N) is 1. The van der Waals surface area contributed by atoms with Gasteiger partial charge in [0.2, 0.25) is 0 Å². The molecule has 0 aliphatic heterocycles. The van der Waals surface area contributed by atoms with Gasteiger partial charge in [-0.15, -0.1) is 0 Å². The van der Waals surface area contributed by atoms with E-state index in [0.29, 0.717) is 0 Å². The molecule has 1 N–H and O–H groups in total. The zero-order valence-electron chi connectivity index (χ0n) is 11.4. The van der Waals surface area contributed by atoms with E-state index in [-0.39, 0.29) is 11.9 Å². The minimum Gasteiger partial charge on any atom is -0.359 e. The molecule has 0 radical (unpaired) electrons. The lowest BCUT2D eigenvalue weighted by molar-refractivity contribution is 0.624. The highest BCUT2D eigenvalue weighted by Gasteiger charge is 2.14. The first-order chi connectivity index (χ1) is 10.3. The van der Waals surface area contributed by atoms with Crippen LogP contribution in [-0.2, 0) is 0 Å². The summed E-state index contributed by atoms with van der Waals surface area (Å²) in [5, 5.41) is 3.36. The van der Waals surface area contributed by atoms with Gasteiger partial charge in [0.05, 0.1) is 6.04 Å². The average molecular weight is 278 g/mol. The Morgan fingerprint density at radius 2 is 1.57 bits per heavy atom. The van der Waals surface area contributed by atoms with Crippen LogP contribution in [0.5, 0.6) is 0 Å². The molecule has 3 rings (SSSR count). The van der Waals surface area contributed by atoms with Crippen LogP contribution in [-0.4, -0.2) is 4.98 Å². The summed E-state index contributed by atoms with van der Waals surface area (Å²) in [6, 6.07) is 22.1. The van der Waals surface area contributed by atoms with Crippen molar-refractivity contribution in [1.29, 1.82) is 0 Å². The Bertz CT molecular complexity index is 699. The van der Waals surface area contributed by atoms with Crippen LogP contribution in [0.15, 0.2) is 79.0 Å². The quantitative estimate of drug-likeness (QED) is 0.764. The van der Waals surface area contributed by atoms with E-state index in [1.165, 1.54) is 6.07 Å². The maximum absolute atomic E-state index is 13.5. The first-order valence-electron chi connectivity index (χ1n) is 6.81. The zero-order valence-corrected chi connectivity index (χ0v) is 11.4. The van der Waals surface area contributed by atoms with Gasteiger partial charge >= 0.3 is 0 Å². The van der Waals surface area contributed by atoms with Crippen LogP contribution in [0, 0.1) is 5.82 Å². The van der Waals surface area contributed by atoms with E-state index in [0.717, 1.165) is 16.9 Å². The Morgan fingerprint density at radius 1 is 0.810 bits per heavy atom. The second-order valence-corrected chi connectivity index (χ2v) is 4.76. The second kappa shape index (κ2) is 6.18. The van der Waals surface area contributed by atoms with Gasteiger partial charge in [0.25, 0.3) is 0 Å². The highest BCUT2D eigenvalue weighted by molar-refractivity contribution is 5.44. The van der Waals surface area contributed by atoms with Crippen molar-refractivity contribution >= 4 is 5.82 Å². The van der Waals surface area contributed by atoms with Crippen LogP contribution in [0.25, 0.3) is 0 Å². The molecule has 1 aromatic heterocycles. The lowest BCUT2D eigenvalue weighted by atomic mass is 9.98. The number of hydrogen-bond donors (Lipinski definition) is 1. The van der Waals surface area contributed by atoms with E-state index in [1.54, 1.807) is 18.3 Å². The number of anilines is 1. The summed E-state index contributed by atoms with van der Waals surface area (Å²) in [6.07, 6.45) is 1.73. The van der Waals surface area contributed by atoms with Crippen LogP contribution < -0.4 is 5.32 Å². The van der Waals surface area contributed by atoms with Gasteiger partial charge in [-0.1, -0.05) is 48.5 Å². The minimum atomic E-state index is -0.240. The molecule has 0 aliphatic carbocycles. The van der Waals surface area contributed by atoms with E-state index < -0.39 is 0 Å². The van der Waals surface area contributed by atoms with Gasteiger partial charge in [-0.25, -0.2) is 9.37 Å². The van der Waals surface area contributed by atoms with Gasteiger partial charge < -0.3 is 5.32 Å². The number of aromatic nitrogens is 1. The predicted molar refractivity (Wildman–Crippen MR) is 82.5 cm³/mol. The second-order valence-electron chi connectivity index (χ2n) is 4.76. The number of nitrogens with one attached hydrogen (secondary N) is 1. The summed E-state index contributed by atoms with van der Waals surface area (Å²) >= 11 is 0. The average Bonchev–Trinajstić information content (AvgIpc) is 2.54. The fourth-order valence-corrected chi connectivity index (χ4v) is 2.29. The monoisotopic (exact) mass is 278 g/mol. The molecule has 0 fully saturated rings. The van der Waals surface area contributed by atoms with E-state index >= 15 is 0 Å². The summed E-state index contributed by atoms with van der Waals surface area (Å²) in [5.74, 6) is 0.520. The zero-order chi connectivity index (χ0) is 14.5. The van der Waals surface area contributed by atoms with Crippen LogP contribution >= 0.6 is 0 Å². The molecule has 3 heteroatoms. The van der Waals surface area contributed by atoms with Crippen LogP contribution in [0.4, 0.5) is 10.2 Å². The lowest BCUT2D eigenvalue weighted by Crippen LogP contribution is -2.13. The molecule has 1 unspecified atom stereocenters. The van der Waals surface area contributed by atoms with E-state index in [2.05, 4.69) is 10.3 Å². The van der Waals surface area contributed by atoms with Gasteiger partial charge in [0, 0.05) is 6.20 Å². The SMILES string of the molecule is Fc1cccc(C(Nc2ccccn2)c2ccccc2)c1. The van der Waals surface area contributed by atoms with Gasteiger partial charge in [0.1, 0.15) is 11.6 Å². The van der Waals surface area contributed by atoms with Crippen molar-refractivity contribution in [3.63, 3.8) is 0 Å². The molecule has 0 saturated heterocycles. The van der Waals surface area contributed by atoms with Gasteiger partial charge in [0.15, 0.2) is 0 Å². The fourth-order valence-electron chi connectivity index (χ4n) is 2.29. The normalized spacial score (nSPS) is 11.9. The van der Waals surface area contributed by atoms with Crippen molar-refractivity contribution in [3.8, 4) is 0 Å². The van der Waals surface area contributed by atoms with Crippen LogP contribution in [0.1, 0.15) is 17.2 Å². The third kappa shape index (κ3) is 3.26. The van der Waals surface area contributed by atoms with E-state index in [1.807, 2.05) is 54.6 Å². The molecule has 104 valence electrons. The standard InChI is InChI=1S/C18H15FN2/c19-16-10-6-9-15(13-16)18(14-7-2-1-3-8-14)21-17-11-4-5-12-20-17/h1-13,18H,(H,20,21). The molecule has 3 aromatic rings. The number of rotatable bonds is 4. The first kappa shape index (κ1) is 13.3. The first-order valence-corrected chi connectivity index (χ1v) is 6.81. The maximum Gasteiger partial charge on any atom is 0.126 e. The summed E-state index contributed by atoms with van der Waals surface area (Å²) in [4.78, 5) is 4.29. The molecule has 0 aliphatic rings. The maximum atomic E-state index is 13.5. The van der Waals surface area contributed by atoms with E-state index in [4.69, 9.17) is 0 Å². The Hall–Kier alpha value is -2.68. The summed E-state index contributed by atoms with van der Waals surface area (Å²) < 4.78 is 13.5. The van der Waals surface area contributed by atoms with Crippen molar-refractivity contribution in [2.45, 2.75) is 6.04 Å². The highest BCUT2D eigenvalue weighted by atomic mass is 19.1. The minimum absolute atomic E-state index is 0.142. The molecule has 1 atom stereocenters. The Kier molecular flexibility index (Phi) is 3.92. The number of halogens is 1. The third-order valence-corrected chi connectivity index (χ3v) is 3.27. The van der Waals surface area contributed by atoms with Crippen molar-refractivity contribution in [3.05, 3.63) is 95.9 Å². The molecular weight excluding hydrogens is 263 g/mol. The number of benzene rings is 2. The number of hydrogen-bond acceptors (Lipinski definition) is 2. The van der Waals surface area contributed by atoms with Gasteiger partial charge in [-0.05, 0) is 35.4 Å². The smallest absolute Gasteiger partial charge is 0.126 e. The van der Waals surface area contributed by atoms with Crippen molar-refractivity contribution in [1.82, 2.24) is 4.98 Å². The molecule has 0 spiro atoms. The lowest BCUT2D eigenvalue weighted by Gasteiger charge is -2.20. The topological polar surface area (TPSA) is 24.9 Å². The van der Waals surface area contributed by atoms with Crippen LogP contribution in [0.2, 0.25) is 0 Å². The molecule has 0 bridgehead atoms. The number of pyridine rings is 1. The summed E-state index contributed by atoms with van der Waals surface area (Å²) in [5.41, 5.74) is 1.93. The Balaban J connectivity index is 1.99. The molecule has 1 heterocycles. The molecule has 21 heavy (non-hydrogen) atoms. The fraction of sp³-hybridized carbons (Fsp3) is 0.0556. The van der Waals surface area contributed by atoms with Crippen molar-refractivity contribution < 1.29 is 4.39 Å². The van der Waals surface area contributed by atoms with Crippen molar-refractivity contribution in [2.75, 3.05) is 5.32 Å². The Morgan fingerprint density at radius 3 is 2.29 bits per heavy atom. The third-order valence-electron chi connectivity index (χ3n) is 3.27. The van der Waals surface area contributed by atoms with Crippen molar-refractivity contribution in [2.24, 2.45) is 0 Å².